The summed E-state index contributed by atoms with van der Waals surface area (Å²) in [6.07, 6.45) is 2.21. The summed E-state index contributed by atoms with van der Waals surface area (Å²) in [5.74, 6) is 1.94. The second kappa shape index (κ2) is 36.9. The van der Waals surface area contributed by atoms with Crippen molar-refractivity contribution < 1.29 is 58.6 Å². The fourth-order valence-electron chi connectivity index (χ4n) is 16.1. The van der Waals surface area contributed by atoms with Crippen molar-refractivity contribution in [1.29, 1.82) is 0 Å². The molecule has 8 N–H and O–H groups in total. The van der Waals surface area contributed by atoms with Gasteiger partial charge in [-0.1, -0.05) is 263 Å². The van der Waals surface area contributed by atoms with Crippen LogP contribution >= 0.6 is 23.5 Å². The fraction of sp³-hybridized carbons (Fsp3) is 0.500. The number of phenols is 4. The Hall–Kier alpha value is -9.26. The molecule has 4 aliphatic rings. The number of rotatable bonds is 0. The van der Waals surface area contributed by atoms with Gasteiger partial charge in [0.25, 0.3) is 0 Å². The van der Waals surface area contributed by atoms with Gasteiger partial charge in [-0.25, -0.2) is 0 Å². The summed E-state index contributed by atoms with van der Waals surface area (Å²) in [7, 11) is 0. The molecule has 20 bridgehead atoms. The van der Waals surface area contributed by atoms with E-state index in [1.165, 1.54) is 23.5 Å². The molecule has 122 heavy (non-hydrogen) atoms. The van der Waals surface area contributed by atoms with Gasteiger partial charge in [0.15, 0.2) is 0 Å². The highest BCUT2D eigenvalue weighted by atomic mass is 32.2. The first kappa shape index (κ1) is 93.4. The summed E-state index contributed by atoms with van der Waals surface area (Å²) in [4.78, 5) is 55.6. The average molecular weight is 1700 g/mol. The SMILES string of the molecule is CC(C)(C)c1cc2c(O)c(c1)Cc1cc(C(C)(C)C)cc3c1OCCNC(=O)CSCC(=O)NCCOc1c4cc(C(C)(C)C)cc1Cc1cc(C(C)(C)C)cc(c1O)Cc1cc(C(C)(C)C)cc(c1OCCNC(=O)CSCC(=O)NCCOc1c(cc(C(C)(C)C)cc1Cc1cc(C(C)(C)C)cc(c1O)C3)C2)Cc1cc(C(C)(C)C)cc(c1O)C4. The van der Waals surface area contributed by atoms with Gasteiger partial charge in [-0.3, -0.25) is 19.2 Å². The van der Waals surface area contributed by atoms with E-state index in [0.29, 0.717) is 67.5 Å². The number of thioether (sulfide) groups is 2. The summed E-state index contributed by atoms with van der Waals surface area (Å²) in [6.45, 7) is 53.1. The lowest BCUT2D eigenvalue weighted by Crippen LogP contribution is -2.32. The molecule has 0 aromatic heterocycles. The van der Waals surface area contributed by atoms with E-state index < -0.39 is 0 Å². The highest BCUT2D eigenvalue weighted by molar-refractivity contribution is 8.00. The first-order chi connectivity index (χ1) is 56.8. The lowest BCUT2D eigenvalue weighted by atomic mass is 9.79. The smallest absolute Gasteiger partial charge is 0.230 e. The van der Waals surface area contributed by atoms with Gasteiger partial charge in [-0.2, -0.15) is 0 Å². The Bertz CT molecular complexity index is 4410. The lowest BCUT2D eigenvalue weighted by molar-refractivity contribution is -0.119. The number of nitrogens with one attached hydrogen (secondary N) is 4. The van der Waals surface area contributed by atoms with Crippen LogP contribution in [0.1, 0.15) is 300 Å². The van der Waals surface area contributed by atoms with Crippen LogP contribution in [0, 0.1) is 0 Å². The molecule has 0 radical (unpaired) electrons. The minimum absolute atomic E-state index is 0.00683. The Morgan fingerprint density at radius 2 is 0.344 bits per heavy atom. The lowest BCUT2D eigenvalue weighted by Gasteiger charge is -2.28. The second-order valence-corrected chi connectivity index (χ2v) is 44.2. The van der Waals surface area contributed by atoms with Gasteiger partial charge in [0.2, 0.25) is 23.6 Å². The van der Waals surface area contributed by atoms with Crippen LogP contribution in [-0.4, -0.2) is 120 Å². The van der Waals surface area contributed by atoms with Gasteiger partial charge in [0, 0.05) is 51.4 Å². The third-order valence-electron chi connectivity index (χ3n) is 23.6. The number of benzene rings is 8. The van der Waals surface area contributed by atoms with E-state index in [1.54, 1.807) is 0 Å². The summed E-state index contributed by atoms with van der Waals surface area (Å²) in [6, 6.07) is 34.2. The van der Waals surface area contributed by atoms with E-state index in [-0.39, 0.29) is 217 Å². The molecule has 4 amide bonds. The standard InChI is InChI=1S/C104H136N4O12S2/c1-97(2,3)77-41-61-33-69-49-81(101(13,14)15)51-71-35-63-43-78(98(4,5)6)44-64(90(63)114)36-72-52-82(102(16,17)18)50-70(34-62(42-77)89(61)113)94(72)118-30-26-106-86(110)58-122-60-88(112)108-28-32-120-96-74-38-66-46-79(99(7,8)9)45-65(91(66)115)37-73-53-83(103(19,20)21)55-75(95(73)119-31-27-107-87(111)59-121-57-85(109)105-25-29-117-93(69)71)39-67-47-80(100(10,11)12)48-68(92(67)116)40-76(96)56-84(54-74)104(22,23)24/h41-56,113-116H,25-40,57-60H2,1-24H3,(H,105,109)(H,106,110)(H,107,111)(H,108,112). The molecule has 0 saturated carbocycles. The van der Waals surface area contributed by atoms with Gasteiger partial charge in [-0.15, -0.1) is 23.5 Å². The summed E-state index contributed by atoms with van der Waals surface area (Å²) in [5.41, 5.74) is 17.9. The Labute approximate surface area is 735 Å². The van der Waals surface area contributed by atoms with Crippen molar-refractivity contribution in [2.45, 2.75) is 261 Å². The molecular weight excluding hydrogens is 1560 g/mol. The quantitative estimate of drug-likeness (QED) is 0.0706. The highest BCUT2D eigenvalue weighted by Gasteiger charge is 2.34. The van der Waals surface area contributed by atoms with Crippen molar-refractivity contribution in [2.75, 3.05) is 75.6 Å². The maximum atomic E-state index is 13.9. The number of hydrogen-bond donors (Lipinski definition) is 8. The monoisotopic (exact) mass is 1700 g/mol. The van der Waals surface area contributed by atoms with E-state index in [0.717, 1.165) is 89.0 Å². The Morgan fingerprint density at radius 1 is 0.221 bits per heavy atom. The molecule has 0 spiro atoms. The number of ether oxygens (including phenoxy) is 4. The van der Waals surface area contributed by atoms with Crippen LogP contribution in [0.3, 0.4) is 0 Å². The average Bonchev–Trinajstić information content (AvgIpc) is 0.763. The summed E-state index contributed by atoms with van der Waals surface area (Å²) >= 11 is 2.41. The number of hydrogen-bond acceptors (Lipinski definition) is 14. The minimum Gasteiger partial charge on any atom is -0.507 e. The van der Waals surface area contributed by atoms with Crippen LogP contribution in [0.4, 0.5) is 0 Å². The Kier molecular flexibility index (Phi) is 28.3. The molecule has 16 nitrogen and oxygen atoms in total. The Balaban J connectivity index is 0.982. The number of carbonyl (C=O) groups excluding carboxylic acids is 4. The van der Waals surface area contributed by atoms with Crippen molar-refractivity contribution in [3.05, 3.63) is 231 Å². The number of carbonyl (C=O) groups is 4. The van der Waals surface area contributed by atoms with Crippen molar-refractivity contribution in [1.82, 2.24) is 21.3 Å². The topological polar surface area (TPSA) is 234 Å². The fourth-order valence-corrected chi connectivity index (χ4v) is 17.4. The van der Waals surface area contributed by atoms with E-state index >= 15 is 0 Å². The molecule has 2 aliphatic carbocycles. The molecule has 656 valence electrons. The van der Waals surface area contributed by atoms with Gasteiger partial charge in [-0.05, 0) is 177 Å². The molecule has 8 aromatic carbocycles. The van der Waals surface area contributed by atoms with Gasteiger partial charge in [0.1, 0.15) is 72.4 Å². The van der Waals surface area contributed by atoms with Gasteiger partial charge < -0.3 is 60.6 Å². The first-order valence-electron chi connectivity index (χ1n) is 43.6. The van der Waals surface area contributed by atoms with Crippen molar-refractivity contribution in [2.24, 2.45) is 0 Å². The van der Waals surface area contributed by atoms with Gasteiger partial charge >= 0.3 is 0 Å². The molecule has 0 saturated heterocycles. The van der Waals surface area contributed by atoms with Crippen LogP contribution < -0.4 is 40.2 Å². The zero-order chi connectivity index (χ0) is 89.3. The second-order valence-electron chi connectivity index (χ2n) is 42.3. The highest BCUT2D eigenvalue weighted by Crippen LogP contribution is 2.48. The van der Waals surface area contributed by atoms with Gasteiger partial charge in [0.05, 0.1) is 49.2 Å². The zero-order valence-electron chi connectivity index (χ0n) is 77.3. The minimum atomic E-state index is -0.346. The van der Waals surface area contributed by atoms with E-state index in [2.05, 4.69) is 284 Å². The van der Waals surface area contributed by atoms with Crippen molar-refractivity contribution in [3.63, 3.8) is 0 Å². The number of aromatic hydroxyl groups is 4. The van der Waals surface area contributed by atoms with Crippen molar-refractivity contribution in [3.8, 4) is 46.0 Å². The predicted molar refractivity (Wildman–Crippen MR) is 499 cm³/mol. The molecule has 8 aromatic rings. The van der Waals surface area contributed by atoms with E-state index in [4.69, 9.17) is 18.9 Å². The molecule has 2 heterocycles. The third kappa shape index (κ3) is 23.4. The van der Waals surface area contributed by atoms with Crippen LogP contribution in [0.5, 0.6) is 46.0 Å². The van der Waals surface area contributed by atoms with Crippen molar-refractivity contribution >= 4 is 47.2 Å². The normalized spacial score (nSPS) is 16.2. The Morgan fingerprint density at radius 3 is 0.467 bits per heavy atom. The summed E-state index contributed by atoms with van der Waals surface area (Å²) in [5, 5.41) is 64.3. The molecule has 0 fully saturated rings. The molecule has 0 atom stereocenters. The first-order valence-corrected chi connectivity index (χ1v) is 45.9. The predicted octanol–water partition coefficient (Wildman–Crippen LogP) is 19.4. The molecular formula is C104H136N4O12S2. The number of amides is 4. The molecule has 18 heteroatoms. The molecule has 0 unspecified atom stereocenters. The number of fused-ring (bicyclic) bond motifs is 26. The molecule has 2 aliphatic heterocycles. The summed E-state index contributed by atoms with van der Waals surface area (Å²) < 4.78 is 28.1. The van der Waals surface area contributed by atoms with Crippen LogP contribution in [0.15, 0.2) is 97.1 Å². The maximum Gasteiger partial charge on any atom is 0.230 e. The maximum absolute atomic E-state index is 13.9. The largest absolute Gasteiger partial charge is 0.507 e. The molecule has 12 rings (SSSR count). The number of phenolic OH excluding ortho intramolecular Hbond substituents is 4. The zero-order valence-corrected chi connectivity index (χ0v) is 78.9. The van der Waals surface area contributed by atoms with Crippen LogP contribution in [0.2, 0.25) is 0 Å². The van der Waals surface area contributed by atoms with Crippen LogP contribution in [0.25, 0.3) is 0 Å². The third-order valence-corrected chi connectivity index (χ3v) is 25.5. The van der Waals surface area contributed by atoms with E-state index in [1.807, 2.05) is 0 Å². The van der Waals surface area contributed by atoms with E-state index in [9.17, 15) is 39.6 Å². The van der Waals surface area contributed by atoms with Crippen LogP contribution in [-0.2, 0) is 114 Å².